The van der Waals surface area contributed by atoms with Crippen molar-refractivity contribution in [2.75, 3.05) is 5.32 Å². The maximum atomic E-state index is 4.70. The first-order valence-electron chi connectivity index (χ1n) is 14.6. The minimum Gasteiger partial charge on any atom is -0.382 e. The second kappa shape index (κ2) is 13.0. The molecule has 0 bridgehead atoms. The van der Waals surface area contributed by atoms with Gasteiger partial charge in [0.2, 0.25) is 5.13 Å². The third-order valence-electron chi connectivity index (χ3n) is 7.50. The summed E-state index contributed by atoms with van der Waals surface area (Å²) in [6, 6.07) is 28.7. The van der Waals surface area contributed by atoms with E-state index in [-0.39, 0.29) is 0 Å². The van der Waals surface area contributed by atoms with Crippen LogP contribution in [0.4, 0.5) is 39.3 Å². The lowest BCUT2D eigenvalue weighted by molar-refractivity contribution is 0.765. The topological polar surface area (TPSA) is 99.1 Å². The van der Waals surface area contributed by atoms with Crippen LogP contribution >= 0.6 is 11.3 Å². The molecule has 44 heavy (non-hydrogen) atoms. The Labute approximate surface area is 260 Å². The van der Waals surface area contributed by atoms with Crippen molar-refractivity contribution in [2.45, 2.75) is 40.2 Å². The number of anilines is 1. The summed E-state index contributed by atoms with van der Waals surface area (Å²) >= 11 is 1.45. The van der Waals surface area contributed by atoms with Gasteiger partial charge in [0.05, 0.1) is 28.4 Å². The van der Waals surface area contributed by atoms with Crippen molar-refractivity contribution in [3.05, 3.63) is 108 Å². The number of aryl methyl sites for hydroxylation is 2. The molecule has 0 amide bonds. The predicted octanol–water partition coefficient (Wildman–Crippen LogP) is 12.5. The Morgan fingerprint density at radius 3 is 1.64 bits per heavy atom. The number of azo groups is 3. The summed E-state index contributed by atoms with van der Waals surface area (Å²) in [5.41, 5.74) is 6.94. The second-order valence-corrected chi connectivity index (χ2v) is 11.5. The lowest BCUT2D eigenvalue weighted by atomic mass is 10.1. The number of aromatic nitrogens is 1. The fraction of sp³-hybridized carbons (Fsp3) is 0.171. The Morgan fingerprint density at radius 2 is 1.11 bits per heavy atom. The maximum absolute atomic E-state index is 4.70. The van der Waals surface area contributed by atoms with Crippen LogP contribution in [0.1, 0.15) is 31.4 Å². The maximum Gasteiger partial charge on any atom is 0.229 e. The number of hydrogen-bond acceptors (Lipinski definition) is 9. The van der Waals surface area contributed by atoms with Crippen LogP contribution in [0.15, 0.2) is 127 Å². The van der Waals surface area contributed by atoms with Gasteiger partial charge in [0.1, 0.15) is 0 Å². The Bertz CT molecular complexity index is 2030. The normalized spacial score (nSPS) is 12.7. The van der Waals surface area contributed by atoms with Crippen LogP contribution < -0.4 is 5.32 Å². The van der Waals surface area contributed by atoms with Gasteiger partial charge in [-0.1, -0.05) is 55.5 Å². The zero-order chi connectivity index (χ0) is 30.5. The zero-order valence-corrected chi connectivity index (χ0v) is 25.9. The summed E-state index contributed by atoms with van der Waals surface area (Å²) in [6.07, 6.45) is 2.76. The fourth-order valence-electron chi connectivity index (χ4n) is 4.88. The molecule has 0 spiro atoms. The molecule has 6 rings (SSSR count). The van der Waals surface area contributed by atoms with Crippen molar-refractivity contribution in [3.8, 4) is 0 Å². The average Bonchev–Trinajstić information content (AvgIpc) is 3.58. The van der Waals surface area contributed by atoms with Crippen molar-refractivity contribution in [1.29, 1.82) is 0 Å². The Kier molecular flexibility index (Phi) is 8.56. The monoisotopic (exact) mass is 596 g/mol. The van der Waals surface area contributed by atoms with Crippen molar-refractivity contribution < 1.29 is 0 Å². The van der Waals surface area contributed by atoms with Gasteiger partial charge >= 0.3 is 0 Å². The van der Waals surface area contributed by atoms with Crippen molar-refractivity contribution in [1.82, 2.24) is 4.98 Å². The van der Waals surface area contributed by atoms with Crippen LogP contribution in [-0.2, 0) is 0 Å². The second-order valence-electron chi connectivity index (χ2n) is 10.6. The average molecular weight is 597 g/mol. The molecule has 1 aromatic heterocycles. The van der Waals surface area contributed by atoms with Gasteiger partial charge < -0.3 is 5.32 Å². The molecule has 9 heteroatoms. The first-order chi connectivity index (χ1) is 21.5. The molecule has 5 aromatic carbocycles. The molecule has 1 heterocycles. The van der Waals surface area contributed by atoms with Crippen molar-refractivity contribution in [2.24, 2.45) is 30.7 Å². The van der Waals surface area contributed by atoms with E-state index in [2.05, 4.69) is 68.9 Å². The number of rotatable bonds is 9. The molecule has 8 nitrogen and oxygen atoms in total. The molecule has 0 saturated heterocycles. The standard InChI is InChI=1S/C35H32N8S/c1-5-24(4)37-29-14-15-30(26-11-7-6-10-25(26)29)38-39-31-16-17-32(28-13-9-8-12-27(28)31)40-41-33-20-23(3)34(21-22(33)2)42-43-35-36-18-19-44-35/h6-21,24,37H,5H2,1-4H3. The van der Waals surface area contributed by atoms with Gasteiger partial charge in [-0.2, -0.15) is 5.11 Å². The third kappa shape index (κ3) is 6.28. The molecule has 218 valence electrons. The van der Waals surface area contributed by atoms with Gasteiger partial charge in [0.15, 0.2) is 0 Å². The van der Waals surface area contributed by atoms with E-state index in [0.29, 0.717) is 11.2 Å². The summed E-state index contributed by atoms with van der Waals surface area (Å²) in [5, 5.41) is 37.5. The summed E-state index contributed by atoms with van der Waals surface area (Å²) in [5.74, 6) is 0. The molecule has 1 unspecified atom stereocenters. The van der Waals surface area contributed by atoms with Gasteiger partial charge in [-0.15, -0.1) is 36.9 Å². The van der Waals surface area contributed by atoms with Crippen LogP contribution in [-0.4, -0.2) is 11.0 Å². The van der Waals surface area contributed by atoms with Gasteiger partial charge in [-0.05, 0) is 74.7 Å². The highest BCUT2D eigenvalue weighted by molar-refractivity contribution is 7.13. The van der Waals surface area contributed by atoms with Crippen molar-refractivity contribution >= 4 is 72.1 Å². The molecule has 0 radical (unpaired) electrons. The molecule has 0 fully saturated rings. The molecular weight excluding hydrogens is 565 g/mol. The molecule has 0 aliphatic rings. The molecule has 0 saturated carbocycles. The predicted molar refractivity (Wildman–Crippen MR) is 182 cm³/mol. The third-order valence-corrected chi connectivity index (χ3v) is 8.16. The van der Waals surface area contributed by atoms with Crippen LogP contribution in [0.3, 0.4) is 0 Å². The number of nitrogens with zero attached hydrogens (tertiary/aromatic N) is 7. The Balaban J connectivity index is 1.29. The summed E-state index contributed by atoms with van der Waals surface area (Å²) in [7, 11) is 0. The van der Waals surface area contributed by atoms with Gasteiger partial charge in [-0.25, -0.2) is 4.98 Å². The SMILES string of the molecule is CCC(C)Nc1ccc(N=Nc2ccc(N=Nc3cc(C)c(N=Nc4nccs4)cc3C)c3ccccc23)c2ccccc12. The molecule has 1 N–H and O–H groups in total. The highest BCUT2D eigenvalue weighted by atomic mass is 32.1. The number of benzene rings is 5. The number of hydrogen-bond donors (Lipinski definition) is 1. The van der Waals surface area contributed by atoms with Crippen LogP contribution in [0, 0.1) is 13.8 Å². The minimum absolute atomic E-state index is 0.381. The number of fused-ring (bicyclic) bond motifs is 2. The quantitative estimate of drug-likeness (QED) is 0.168. The van der Waals surface area contributed by atoms with E-state index in [1.807, 2.05) is 79.9 Å². The van der Waals surface area contributed by atoms with Crippen LogP contribution in [0.5, 0.6) is 0 Å². The van der Waals surface area contributed by atoms with Gasteiger partial charge in [0, 0.05) is 44.9 Å². The highest BCUT2D eigenvalue weighted by Gasteiger charge is 2.10. The summed E-state index contributed by atoms with van der Waals surface area (Å²) in [4.78, 5) is 4.16. The Hall–Kier alpha value is -5.15. The van der Waals surface area contributed by atoms with E-state index in [9.17, 15) is 0 Å². The van der Waals surface area contributed by atoms with Crippen LogP contribution in [0.25, 0.3) is 21.5 Å². The van der Waals surface area contributed by atoms with Crippen LogP contribution in [0.2, 0.25) is 0 Å². The highest BCUT2D eigenvalue weighted by Crippen LogP contribution is 2.38. The van der Waals surface area contributed by atoms with E-state index in [1.165, 1.54) is 11.3 Å². The largest absolute Gasteiger partial charge is 0.382 e. The van der Waals surface area contributed by atoms with E-state index >= 15 is 0 Å². The van der Waals surface area contributed by atoms with Gasteiger partial charge in [0.25, 0.3) is 0 Å². The van der Waals surface area contributed by atoms with E-state index < -0.39 is 0 Å². The van der Waals surface area contributed by atoms with E-state index in [4.69, 9.17) is 10.2 Å². The van der Waals surface area contributed by atoms with Gasteiger partial charge in [-0.3, -0.25) is 0 Å². The minimum atomic E-state index is 0.381. The molecule has 1 atom stereocenters. The van der Waals surface area contributed by atoms with E-state index in [0.717, 1.165) is 73.2 Å². The summed E-state index contributed by atoms with van der Waals surface area (Å²) < 4.78 is 0. The van der Waals surface area contributed by atoms with E-state index in [1.54, 1.807) is 6.20 Å². The lowest BCUT2D eigenvalue weighted by Gasteiger charge is -2.15. The smallest absolute Gasteiger partial charge is 0.229 e. The summed E-state index contributed by atoms with van der Waals surface area (Å²) in [6.45, 7) is 8.35. The van der Waals surface area contributed by atoms with Crippen molar-refractivity contribution in [3.63, 3.8) is 0 Å². The number of thiazole rings is 1. The lowest BCUT2D eigenvalue weighted by Crippen LogP contribution is -2.13. The molecular formula is C35H32N8S. The molecule has 6 aromatic rings. The number of nitrogens with one attached hydrogen (secondary N) is 1. The Morgan fingerprint density at radius 1 is 0.636 bits per heavy atom. The molecule has 0 aliphatic heterocycles. The zero-order valence-electron chi connectivity index (χ0n) is 25.1. The fourth-order valence-corrected chi connectivity index (χ4v) is 5.34. The first-order valence-corrected chi connectivity index (χ1v) is 15.4. The first kappa shape index (κ1) is 28.9. The molecule has 0 aliphatic carbocycles.